The molecule has 0 radical (unpaired) electrons. The number of carbonyl (C=O) groups excluding carboxylic acids is 3. The fraction of sp³-hybridized carbons (Fsp3) is 0.235. The maximum atomic E-state index is 12.2. The number of carbonyl (C=O) groups is 3. The molecule has 0 aliphatic heterocycles. The molecule has 2 rings (SSSR count). The van der Waals surface area contributed by atoms with Gasteiger partial charge in [0.25, 0.3) is 11.8 Å². The second kappa shape index (κ2) is 7.80. The highest BCUT2D eigenvalue weighted by Gasteiger charge is 2.21. The first-order valence-corrected chi connectivity index (χ1v) is 8.34. The molecule has 8 heteroatoms. The Balaban J connectivity index is 2.03. The van der Waals surface area contributed by atoms with Crippen molar-refractivity contribution in [1.82, 2.24) is 0 Å². The highest BCUT2D eigenvalue weighted by molar-refractivity contribution is 7.14. The molecular weight excluding hydrogens is 342 g/mol. The Morgan fingerprint density at radius 2 is 1.96 bits per heavy atom. The molecule has 1 heterocycles. The minimum absolute atomic E-state index is 0.218. The average Bonchev–Trinajstić information content (AvgIpc) is 3.03. The van der Waals surface area contributed by atoms with Gasteiger partial charge in [-0.25, -0.2) is 4.79 Å². The SMILES string of the molecule is C[C@H](OC(=O)c1cccc(N(C)C)c1)C(=O)Nc1sccc1C(N)=O. The summed E-state index contributed by atoms with van der Waals surface area (Å²) in [6, 6.07) is 8.41. The first-order chi connectivity index (χ1) is 11.8. The lowest BCUT2D eigenvalue weighted by molar-refractivity contribution is -0.123. The standard InChI is InChI=1S/C17H19N3O4S/c1-10(15(22)19-16-13(14(18)21)7-8-25-16)24-17(23)11-5-4-6-12(9-11)20(2)3/h4-10H,1-3H3,(H2,18,21)(H,19,22)/t10-/m0/s1. The number of rotatable bonds is 6. The van der Waals surface area contributed by atoms with E-state index in [-0.39, 0.29) is 5.56 Å². The average molecular weight is 361 g/mol. The van der Waals surface area contributed by atoms with Gasteiger partial charge in [0.2, 0.25) is 0 Å². The van der Waals surface area contributed by atoms with Crippen LogP contribution in [0.4, 0.5) is 10.7 Å². The van der Waals surface area contributed by atoms with E-state index in [0.717, 1.165) is 5.69 Å². The van der Waals surface area contributed by atoms with Gasteiger partial charge in [-0.15, -0.1) is 11.3 Å². The van der Waals surface area contributed by atoms with E-state index in [0.29, 0.717) is 10.6 Å². The van der Waals surface area contributed by atoms with Gasteiger partial charge >= 0.3 is 5.97 Å². The van der Waals surface area contributed by atoms with Gasteiger partial charge in [0.15, 0.2) is 6.10 Å². The highest BCUT2D eigenvalue weighted by atomic mass is 32.1. The van der Waals surface area contributed by atoms with Crippen LogP contribution in [0.2, 0.25) is 0 Å². The van der Waals surface area contributed by atoms with E-state index in [1.165, 1.54) is 24.3 Å². The Hall–Kier alpha value is -2.87. The van der Waals surface area contributed by atoms with Gasteiger partial charge in [-0.05, 0) is 36.6 Å². The van der Waals surface area contributed by atoms with Crippen LogP contribution in [0.3, 0.4) is 0 Å². The summed E-state index contributed by atoms with van der Waals surface area (Å²) in [5, 5.41) is 4.52. The van der Waals surface area contributed by atoms with Crippen molar-refractivity contribution in [3.05, 3.63) is 46.8 Å². The molecule has 0 fully saturated rings. The molecule has 0 spiro atoms. The van der Waals surface area contributed by atoms with Crippen molar-refractivity contribution in [3.8, 4) is 0 Å². The van der Waals surface area contributed by atoms with Crippen LogP contribution in [-0.4, -0.2) is 38.0 Å². The zero-order valence-electron chi connectivity index (χ0n) is 14.1. The van der Waals surface area contributed by atoms with Crippen LogP contribution in [0.5, 0.6) is 0 Å². The Kier molecular flexibility index (Phi) is 5.76. The summed E-state index contributed by atoms with van der Waals surface area (Å²) >= 11 is 1.17. The van der Waals surface area contributed by atoms with Gasteiger partial charge in [-0.2, -0.15) is 0 Å². The summed E-state index contributed by atoms with van der Waals surface area (Å²) in [6.45, 7) is 1.46. The number of esters is 1. The Morgan fingerprint density at radius 3 is 2.60 bits per heavy atom. The smallest absolute Gasteiger partial charge is 0.338 e. The van der Waals surface area contributed by atoms with E-state index in [1.807, 2.05) is 25.1 Å². The molecule has 0 aliphatic rings. The first-order valence-electron chi connectivity index (χ1n) is 7.46. The Bertz CT molecular complexity index is 801. The number of primary amides is 1. The molecule has 25 heavy (non-hydrogen) atoms. The van der Waals surface area contributed by atoms with Gasteiger partial charge in [0.05, 0.1) is 11.1 Å². The largest absolute Gasteiger partial charge is 0.449 e. The third-order valence-electron chi connectivity index (χ3n) is 3.42. The van der Waals surface area contributed by atoms with Crippen molar-refractivity contribution < 1.29 is 19.1 Å². The molecule has 132 valence electrons. The van der Waals surface area contributed by atoms with Crippen molar-refractivity contribution in [1.29, 1.82) is 0 Å². The number of amides is 2. The van der Waals surface area contributed by atoms with E-state index in [4.69, 9.17) is 10.5 Å². The molecule has 2 aromatic rings. The van der Waals surface area contributed by atoms with Gasteiger partial charge in [-0.3, -0.25) is 9.59 Å². The van der Waals surface area contributed by atoms with Crippen molar-refractivity contribution in [2.75, 3.05) is 24.3 Å². The summed E-state index contributed by atoms with van der Waals surface area (Å²) in [4.78, 5) is 37.5. The van der Waals surface area contributed by atoms with Crippen molar-refractivity contribution in [3.63, 3.8) is 0 Å². The van der Waals surface area contributed by atoms with Crippen molar-refractivity contribution >= 4 is 39.8 Å². The zero-order chi connectivity index (χ0) is 18.6. The molecular formula is C17H19N3O4S. The number of hydrogen-bond donors (Lipinski definition) is 2. The molecule has 0 unspecified atom stereocenters. The molecule has 1 aromatic heterocycles. The number of hydrogen-bond acceptors (Lipinski definition) is 6. The van der Waals surface area contributed by atoms with E-state index in [2.05, 4.69) is 5.32 Å². The van der Waals surface area contributed by atoms with Crippen LogP contribution in [0, 0.1) is 0 Å². The predicted octanol–water partition coefficient (Wildman–Crippen LogP) is 2.10. The molecule has 0 saturated carbocycles. The Morgan fingerprint density at radius 1 is 1.24 bits per heavy atom. The van der Waals surface area contributed by atoms with Crippen LogP contribution in [-0.2, 0) is 9.53 Å². The van der Waals surface area contributed by atoms with Gasteiger partial charge in [0, 0.05) is 19.8 Å². The number of thiophene rings is 1. The summed E-state index contributed by atoms with van der Waals surface area (Å²) in [7, 11) is 3.72. The van der Waals surface area contributed by atoms with E-state index in [1.54, 1.807) is 23.6 Å². The topological polar surface area (TPSA) is 102 Å². The predicted molar refractivity (Wildman–Crippen MR) is 97.1 cm³/mol. The fourth-order valence-corrected chi connectivity index (χ4v) is 2.80. The van der Waals surface area contributed by atoms with Crippen molar-refractivity contribution in [2.45, 2.75) is 13.0 Å². The molecule has 7 nitrogen and oxygen atoms in total. The molecule has 1 atom stereocenters. The normalized spacial score (nSPS) is 11.5. The number of anilines is 2. The van der Waals surface area contributed by atoms with E-state index in [9.17, 15) is 14.4 Å². The first kappa shape index (κ1) is 18.5. The summed E-state index contributed by atoms with van der Waals surface area (Å²) in [6.07, 6.45) is -1.03. The second-order valence-corrected chi connectivity index (χ2v) is 6.43. The van der Waals surface area contributed by atoms with E-state index >= 15 is 0 Å². The van der Waals surface area contributed by atoms with E-state index < -0.39 is 23.9 Å². The second-order valence-electron chi connectivity index (χ2n) is 5.51. The number of nitrogens with zero attached hydrogens (tertiary/aromatic N) is 1. The van der Waals surface area contributed by atoms with Gasteiger partial charge in [0.1, 0.15) is 5.00 Å². The van der Waals surface area contributed by atoms with Crippen LogP contribution in [0.25, 0.3) is 0 Å². The number of nitrogens with one attached hydrogen (secondary N) is 1. The zero-order valence-corrected chi connectivity index (χ0v) is 14.9. The third kappa shape index (κ3) is 4.57. The van der Waals surface area contributed by atoms with Crippen LogP contribution >= 0.6 is 11.3 Å². The molecule has 1 aromatic carbocycles. The molecule has 3 N–H and O–H groups in total. The minimum Gasteiger partial charge on any atom is -0.449 e. The number of nitrogens with two attached hydrogens (primary N) is 1. The van der Waals surface area contributed by atoms with Gasteiger partial charge in [-0.1, -0.05) is 6.07 Å². The maximum Gasteiger partial charge on any atom is 0.338 e. The Labute approximate surface area is 149 Å². The summed E-state index contributed by atoms with van der Waals surface area (Å²) in [5.74, 6) is -1.78. The summed E-state index contributed by atoms with van der Waals surface area (Å²) < 4.78 is 5.20. The minimum atomic E-state index is -1.03. The fourth-order valence-electron chi connectivity index (χ4n) is 2.01. The lowest BCUT2D eigenvalue weighted by Gasteiger charge is -2.15. The van der Waals surface area contributed by atoms with Crippen molar-refractivity contribution in [2.24, 2.45) is 5.73 Å². The lowest BCUT2D eigenvalue weighted by atomic mass is 10.2. The third-order valence-corrected chi connectivity index (χ3v) is 4.25. The molecule has 0 saturated heterocycles. The molecule has 0 bridgehead atoms. The highest BCUT2D eigenvalue weighted by Crippen LogP contribution is 2.23. The summed E-state index contributed by atoms with van der Waals surface area (Å²) in [5.41, 5.74) is 6.64. The molecule has 0 aliphatic carbocycles. The van der Waals surface area contributed by atoms with Crippen LogP contribution < -0.4 is 16.0 Å². The number of ether oxygens (including phenoxy) is 1. The lowest BCUT2D eigenvalue weighted by Crippen LogP contribution is -2.30. The van der Waals surface area contributed by atoms with Crippen LogP contribution in [0.15, 0.2) is 35.7 Å². The maximum absolute atomic E-state index is 12.2. The van der Waals surface area contributed by atoms with Crippen LogP contribution in [0.1, 0.15) is 27.6 Å². The molecule has 2 amide bonds. The van der Waals surface area contributed by atoms with Gasteiger partial charge < -0.3 is 20.7 Å². The number of benzene rings is 1. The monoisotopic (exact) mass is 361 g/mol. The quantitative estimate of drug-likeness (QED) is 0.767.